The van der Waals surface area contributed by atoms with Crippen molar-refractivity contribution < 1.29 is 0 Å². The van der Waals surface area contributed by atoms with Gasteiger partial charge in [-0.25, -0.2) is 0 Å². The molecular weight excluding hydrogens is 244 g/mol. The van der Waals surface area contributed by atoms with Crippen molar-refractivity contribution >= 4 is 5.70 Å². The Bertz CT molecular complexity index is 629. The van der Waals surface area contributed by atoms with Crippen molar-refractivity contribution in [2.75, 3.05) is 13.6 Å². The smallest absolute Gasteiger partial charge is 0.0395 e. The molecule has 3 N–H and O–H groups in total. The van der Waals surface area contributed by atoms with Crippen molar-refractivity contribution in [1.29, 1.82) is 0 Å². The molecule has 0 aliphatic heterocycles. The Morgan fingerprint density at radius 1 is 1.05 bits per heavy atom. The minimum absolute atomic E-state index is 0.406. The van der Waals surface area contributed by atoms with Crippen LogP contribution in [0.3, 0.4) is 0 Å². The van der Waals surface area contributed by atoms with Gasteiger partial charge >= 0.3 is 0 Å². The summed E-state index contributed by atoms with van der Waals surface area (Å²) < 4.78 is 0. The molecule has 3 rings (SSSR count). The summed E-state index contributed by atoms with van der Waals surface area (Å²) in [5.74, 6) is 0.406. The first-order valence-electron chi connectivity index (χ1n) is 7.07. The van der Waals surface area contributed by atoms with Crippen LogP contribution in [0.4, 0.5) is 0 Å². The topological polar surface area (TPSA) is 38.0 Å². The van der Waals surface area contributed by atoms with Crippen LogP contribution in [-0.4, -0.2) is 13.6 Å². The van der Waals surface area contributed by atoms with E-state index >= 15 is 0 Å². The molecule has 1 aliphatic rings. The molecule has 0 aromatic heterocycles. The van der Waals surface area contributed by atoms with Gasteiger partial charge in [-0.1, -0.05) is 54.6 Å². The Balaban J connectivity index is 2.11. The van der Waals surface area contributed by atoms with E-state index in [1.165, 1.54) is 22.3 Å². The Kier molecular flexibility index (Phi) is 3.57. The molecule has 2 nitrogen and oxygen atoms in total. The lowest BCUT2D eigenvalue weighted by Crippen LogP contribution is -2.22. The summed E-state index contributed by atoms with van der Waals surface area (Å²) in [6.45, 7) is 0.851. The number of nitrogens with one attached hydrogen (secondary N) is 1. The summed E-state index contributed by atoms with van der Waals surface area (Å²) in [5, 5.41) is 3.23. The van der Waals surface area contributed by atoms with Crippen molar-refractivity contribution in [3.05, 3.63) is 76.9 Å². The first kappa shape index (κ1) is 12.9. The number of likely N-dealkylation sites (N-methyl/N-ethyl adjacent to an activating group) is 1. The molecule has 1 atom stereocenters. The van der Waals surface area contributed by atoms with E-state index in [1.54, 1.807) is 0 Å². The van der Waals surface area contributed by atoms with E-state index in [0.29, 0.717) is 5.92 Å². The Morgan fingerprint density at radius 2 is 1.75 bits per heavy atom. The second-order valence-corrected chi connectivity index (χ2v) is 5.30. The van der Waals surface area contributed by atoms with Crippen LogP contribution in [0, 0.1) is 0 Å². The van der Waals surface area contributed by atoms with E-state index in [1.807, 2.05) is 7.05 Å². The van der Waals surface area contributed by atoms with Gasteiger partial charge in [0, 0.05) is 23.7 Å². The lowest BCUT2D eigenvalue weighted by molar-refractivity contribution is 0.731. The van der Waals surface area contributed by atoms with Gasteiger partial charge in [0.15, 0.2) is 0 Å². The molecule has 1 aliphatic carbocycles. The molecule has 20 heavy (non-hydrogen) atoms. The fraction of sp³-hybridized carbons (Fsp3) is 0.222. The predicted molar refractivity (Wildman–Crippen MR) is 84.4 cm³/mol. The van der Waals surface area contributed by atoms with Crippen molar-refractivity contribution in [3.8, 4) is 0 Å². The average molecular weight is 264 g/mol. The maximum Gasteiger partial charge on any atom is 0.0395 e. The molecule has 0 spiro atoms. The number of nitrogens with two attached hydrogens (primary N) is 1. The summed E-state index contributed by atoms with van der Waals surface area (Å²) in [4.78, 5) is 0. The van der Waals surface area contributed by atoms with Gasteiger partial charge in [0.2, 0.25) is 0 Å². The van der Waals surface area contributed by atoms with Gasteiger partial charge in [-0.15, -0.1) is 0 Å². The van der Waals surface area contributed by atoms with Crippen LogP contribution in [0.5, 0.6) is 0 Å². The molecule has 2 heteroatoms. The van der Waals surface area contributed by atoms with Gasteiger partial charge in [0.25, 0.3) is 0 Å². The van der Waals surface area contributed by atoms with E-state index < -0.39 is 0 Å². The summed E-state index contributed by atoms with van der Waals surface area (Å²) in [6.07, 6.45) is 0.994. The van der Waals surface area contributed by atoms with Gasteiger partial charge in [-0.05, 0) is 30.2 Å². The number of fused-ring (bicyclic) bond motifs is 1. The Hall–Kier alpha value is -2.06. The molecule has 2 aromatic carbocycles. The molecule has 0 fully saturated rings. The fourth-order valence-electron chi connectivity index (χ4n) is 3.07. The van der Waals surface area contributed by atoms with Crippen molar-refractivity contribution in [2.45, 2.75) is 12.3 Å². The molecular formula is C18H20N2. The van der Waals surface area contributed by atoms with Crippen LogP contribution in [-0.2, 0) is 0 Å². The zero-order valence-corrected chi connectivity index (χ0v) is 11.8. The monoisotopic (exact) mass is 264 g/mol. The van der Waals surface area contributed by atoms with Crippen molar-refractivity contribution in [3.63, 3.8) is 0 Å². The molecule has 0 bridgehead atoms. The molecule has 0 heterocycles. The lowest BCUT2D eigenvalue weighted by Gasteiger charge is -2.29. The number of hydrogen-bond acceptors (Lipinski definition) is 2. The van der Waals surface area contributed by atoms with Crippen LogP contribution in [0.1, 0.15) is 29.0 Å². The van der Waals surface area contributed by atoms with Crippen LogP contribution >= 0.6 is 0 Å². The molecule has 0 amide bonds. The molecule has 0 radical (unpaired) electrons. The zero-order valence-electron chi connectivity index (χ0n) is 11.8. The van der Waals surface area contributed by atoms with E-state index in [2.05, 4.69) is 59.9 Å². The molecule has 2 aromatic rings. The number of rotatable bonds is 3. The quantitative estimate of drug-likeness (QED) is 0.894. The Morgan fingerprint density at radius 3 is 2.50 bits per heavy atom. The average Bonchev–Trinajstić information content (AvgIpc) is 2.51. The second kappa shape index (κ2) is 5.51. The summed E-state index contributed by atoms with van der Waals surface area (Å²) in [6, 6.07) is 19.2. The summed E-state index contributed by atoms with van der Waals surface area (Å²) in [5.41, 5.74) is 12.5. The van der Waals surface area contributed by atoms with Crippen molar-refractivity contribution in [1.82, 2.24) is 5.32 Å². The third-order valence-corrected chi connectivity index (χ3v) is 4.05. The maximum absolute atomic E-state index is 6.36. The Labute approximate surface area is 120 Å². The van der Waals surface area contributed by atoms with E-state index in [9.17, 15) is 0 Å². The lowest BCUT2D eigenvalue weighted by atomic mass is 9.78. The van der Waals surface area contributed by atoms with Crippen LogP contribution in [0.2, 0.25) is 0 Å². The predicted octanol–water partition coefficient (Wildman–Crippen LogP) is 3.11. The second-order valence-electron chi connectivity index (χ2n) is 5.30. The third kappa shape index (κ3) is 2.23. The van der Waals surface area contributed by atoms with Crippen LogP contribution in [0.25, 0.3) is 5.70 Å². The van der Waals surface area contributed by atoms with Crippen LogP contribution in [0.15, 0.2) is 60.2 Å². The fourth-order valence-corrected chi connectivity index (χ4v) is 3.07. The van der Waals surface area contributed by atoms with E-state index in [0.717, 1.165) is 18.7 Å². The molecule has 0 saturated heterocycles. The minimum atomic E-state index is 0.406. The van der Waals surface area contributed by atoms with Gasteiger partial charge in [0.1, 0.15) is 0 Å². The largest absolute Gasteiger partial charge is 0.398 e. The normalized spacial score (nSPS) is 17.9. The highest BCUT2D eigenvalue weighted by Gasteiger charge is 2.25. The molecule has 1 unspecified atom stereocenters. The standard InChI is InChI=1S/C18H20N2/c1-20-12-14-11-17(13-7-3-2-4-8-13)15-9-5-6-10-16(15)18(14)19/h2-10,17,20H,11-12,19H2,1H3. The highest BCUT2D eigenvalue weighted by molar-refractivity contribution is 5.72. The summed E-state index contributed by atoms with van der Waals surface area (Å²) in [7, 11) is 1.97. The van der Waals surface area contributed by atoms with Gasteiger partial charge in [-0.3, -0.25) is 0 Å². The molecule has 0 saturated carbocycles. The van der Waals surface area contributed by atoms with Gasteiger partial charge < -0.3 is 11.1 Å². The molecule has 102 valence electrons. The number of benzene rings is 2. The van der Waals surface area contributed by atoms with E-state index in [-0.39, 0.29) is 0 Å². The zero-order chi connectivity index (χ0) is 13.9. The van der Waals surface area contributed by atoms with Gasteiger partial charge in [-0.2, -0.15) is 0 Å². The maximum atomic E-state index is 6.36. The first-order chi connectivity index (χ1) is 9.81. The highest BCUT2D eigenvalue weighted by Crippen LogP contribution is 2.40. The van der Waals surface area contributed by atoms with Gasteiger partial charge in [0.05, 0.1) is 0 Å². The van der Waals surface area contributed by atoms with Crippen LogP contribution < -0.4 is 11.1 Å². The number of hydrogen-bond donors (Lipinski definition) is 2. The van der Waals surface area contributed by atoms with E-state index in [4.69, 9.17) is 5.73 Å². The summed E-state index contributed by atoms with van der Waals surface area (Å²) >= 11 is 0. The highest BCUT2D eigenvalue weighted by atomic mass is 14.8. The minimum Gasteiger partial charge on any atom is -0.398 e. The first-order valence-corrected chi connectivity index (χ1v) is 7.07. The van der Waals surface area contributed by atoms with Crippen molar-refractivity contribution in [2.24, 2.45) is 5.73 Å². The third-order valence-electron chi connectivity index (χ3n) is 4.05. The SMILES string of the molecule is CNCC1=C(N)c2ccccc2C(c2ccccc2)C1.